The van der Waals surface area contributed by atoms with Crippen molar-refractivity contribution in [1.82, 2.24) is 0 Å². The molecule has 0 saturated heterocycles. The fourth-order valence-electron chi connectivity index (χ4n) is 3.34. The molecule has 0 radical (unpaired) electrons. The van der Waals surface area contributed by atoms with E-state index in [9.17, 15) is 18.8 Å². The molecule has 1 aliphatic heterocycles. The summed E-state index contributed by atoms with van der Waals surface area (Å²) in [4.78, 5) is 38.8. The van der Waals surface area contributed by atoms with Gasteiger partial charge in [-0.2, -0.15) is 15.4 Å². The van der Waals surface area contributed by atoms with Crippen molar-refractivity contribution >= 4 is 34.9 Å². The van der Waals surface area contributed by atoms with Gasteiger partial charge in [0.15, 0.2) is 6.61 Å². The van der Waals surface area contributed by atoms with E-state index in [0.717, 1.165) is 16.0 Å². The van der Waals surface area contributed by atoms with Crippen LogP contribution in [0.3, 0.4) is 0 Å². The quantitative estimate of drug-likeness (QED) is 0.602. The number of nitrogens with zero attached hydrogens (tertiary/aromatic N) is 4. The average Bonchev–Trinajstić information content (AvgIpc) is 2.80. The lowest BCUT2D eigenvalue weighted by Crippen LogP contribution is -2.38. The molecule has 33 heavy (non-hydrogen) atoms. The third kappa shape index (κ3) is 5.60. The van der Waals surface area contributed by atoms with E-state index in [1.54, 1.807) is 12.1 Å². The van der Waals surface area contributed by atoms with Crippen LogP contribution in [0.1, 0.15) is 30.4 Å². The van der Waals surface area contributed by atoms with Crippen LogP contribution in [0.2, 0.25) is 0 Å². The first-order valence-electron chi connectivity index (χ1n) is 10.4. The Hall–Kier alpha value is -4.06. The molecule has 1 heterocycles. The molecule has 0 aromatic heterocycles. The zero-order chi connectivity index (χ0) is 24.0. The van der Waals surface area contributed by atoms with Gasteiger partial charge in [-0.05, 0) is 43.2 Å². The Bertz CT molecular complexity index is 1160. The van der Waals surface area contributed by atoms with Crippen LogP contribution in [0.5, 0.6) is 0 Å². The number of amides is 2. The Kier molecular flexibility index (Phi) is 7.51. The first-order chi connectivity index (χ1) is 15.8. The normalized spacial score (nSPS) is 13.2. The number of halogens is 1. The molecule has 0 fully saturated rings. The minimum Gasteiger partial charge on any atom is -0.451 e. The van der Waals surface area contributed by atoms with E-state index in [1.807, 2.05) is 32.0 Å². The van der Waals surface area contributed by atoms with E-state index in [-0.39, 0.29) is 43.1 Å². The molecular weight excluding hydrogens is 427 g/mol. The van der Waals surface area contributed by atoms with Crippen molar-refractivity contribution in [1.29, 1.82) is 5.26 Å². The van der Waals surface area contributed by atoms with Crippen molar-refractivity contribution in [3.63, 3.8) is 0 Å². The van der Waals surface area contributed by atoms with Gasteiger partial charge in [0, 0.05) is 19.4 Å². The van der Waals surface area contributed by atoms with Gasteiger partial charge in [-0.3, -0.25) is 9.59 Å². The molecule has 0 bridgehead atoms. The molecule has 0 unspecified atom stereocenters. The first kappa shape index (κ1) is 23.6. The second-order valence-electron chi connectivity index (χ2n) is 7.52. The predicted molar refractivity (Wildman–Crippen MR) is 120 cm³/mol. The number of carbonyl (C=O) groups is 3. The van der Waals surface area contributed by atoms with E-state index in [0.29, 0.717) is 5.69 Å². The molecule has 2 amide bonds. The minimum absolute atomic E-state index is 0.00417. The fourth-order valence-corrected chi connectivity index (χ4v) is 3.34. The van der Waals surface area contributed by atoms with E-state index < -0.39 is 24.3 Å². The maximum absolute atomic E-state index is 14.2. The van der Waals surface area contributed by atoms with Crippen LogP contribution >= 0.6 is 0 Å². The first-order valence-corrected chi connectivity index (χ1v) is 10.4. The van der Waals surface area contributed by atoms with Crippen LogP contribution in [-0.2, 0) is 19.1 Å². The number of anilines is 2. The highest BCUT2D eigenvalue weighted by atomic mass is 19.1. The number of aryl methyl sites for hydroxylation is 2. The largest absolute Gasteiger partial charge is 0.451 e. The number of hydrogen-bond acceptors (Lipinski definition) is 6. The van der Waals surface area contributed by atoms with Crippen LogP contribution in [-0.4, -0.2) is 36.6 Å². The third-order valence-electron chi connectivity index (χ3n) is 5.08. The van der Waals surface area contributed by atoms with Gasteiger partial charge in [0.2, 0.25) is 5.91 Å². The van der Waals surface area contributed by atoms with Gasteiger partial charge in [0.25, 0.3) is 5.91 Å². The molecular formula is C24H23FN4O4. The molecule has 0 spiro atoms. The van der Waals surface area contributed by atoms with Crippen molar-refractivity contribution in [2.45, 2.75) is 33.1 Å². The van der Waals surface area contributed by atoms with Crippen molar-refractivity contribution in [2.24, 2.45) is 5.10 Å². The number of rotatable bonds is 7. The standard InChI is InChI=1S/C24H23FN4O4/c1-16-8-9-17(2)21(14-16)29-22(30)11-10-19(27-29)24(32)33-15-23(31)28(13-5-12-26)20-7-4-3-6-18(20)25/h3-4,6-9,14H,5,10-11,13,15H2,1-2H3. The third-order valence-corrected chi connectivity index (χ3v) is 5.08. The predicted octanol–water partition coefficient (Wildman–Crippen LogP) is 3.42. The van der Waals surface area contributed by atoms with Crippen LogP contribution in [0.4, 0.5) is 15.8 Å². The van der Waals surface area contributed by atoms with Gasteiger partial charge in [-0.25, -0.2) is 9.18 Å². The second kappa shape index (κ2) is 10.5. The summed E-state index contributed by atoms with van der Waals surface area (Å²) in [5.74, 6) is -2.39. The Morgan fingerprint density at radius 1 is 1.21 bits per heavy atom. The van der Waals surface area contributed by atoms with Crippen LogP contribution in [0, 0.1) is 31.0 Å². The average molecular weight is 450 g/mol. The number of hydrogen-bond donors (Lipinski definition) is 0. The molecule has 8 nitrogen and oxygen atoms in total. The van der Waals surface area contributed by atoms with Crippen LogP contribution < -0.4 is 9.91 Å². The summed E-state index contributed by atoms with van der Waals surface area (Å²) in [5, 5.41) is 14.2. The molecule has 0 atom stereocenters. The van der Waals surface area contributed by atoms with Crippen molar-refractivity contribution in [3.8, 4) is 6.07 Å². The van der Waals surface area contributed by atoms with Gasteiger partial charge >= 0.3 is 5.97 Å². The summed E-state index contributed by atoms with van der Waals surface area (Å²) in [7, 11) is 0. The molecule has 2 aromatic carbocycles. The zero-order valence-electron chi connectivity index (χ0n) is 18.4. The van der Waals surface area contributed by atoms with Gasteiger partial charge < -0.3 is 9.64 Å². The molecule has 170 valence electrons. The summed E-state index contributed by atoms with van der Waals surface area (Å²) >= 11 is 0. The van der Waals surface area contributed by atoms with Crippen LogP contribution in [0.25, 0.3) is 0 Å². The highest BCUT2D eigenvalue weighted by Gasteiger charge is 2.28. The molecule has 0 aliphatic carbocycles. The lowest BCUT2D eigenvalue weighted by atomic mass is 10.1. The summed E-state index contributed by atoms with van der Waals surface area (Å²) in [5.41, 5.74) is 2.33. The van der Waals surface area contributed by atoms with Gasteiger partial charge in [-0.1, -0.05) is 24.3 Å². The minimum atomic E-state index is -0.833. The maximum Gasteiger partial charge on any atom is 0.355 e. The lowest BCUT2D eigenvalue weighted by molar-refractivity contribution is -0.141. The Labute approximate surface area is 190 Å². The van der Waals surface area contributed by atoms with E-state index >= 15 is 0 Å². The number of benzene rings is 2. The van der Waals surface area contributed by atoms with Gasteiger partial charge in [0.05, 0.1) is 23.9 Å². The topological polar surface area (TPSA) is 103 Å². The number of carbonyl (C=O) groups excluding carboxylic acids is 3. The maximum atomic E-state index is 14.2. The zero-order valence-corrected chi connectivity index (χ0v) is 18.4. The molecule has 1 aliphatic rings. The second-order valence-corrected chi connectivity index (χ2v) is 7.52. The van der Waals surface area contributed by atoms with E-state index in [2.05, 4.69) is 5.10 Å². The van der Waals surface area contributed by atoms with Crippen LogP contribution in [0.15, 0.2) is 47.6 Å². The van der Waals surface area contributed by atoms with Crippen molar-refractivity contribution < 1.29 is 23.5 Å². The summed E-state index contributed by atoms with van der Waals surface area (Å²) < 4.78 is 19.3. The fraction of sp³-hybridized carbons (Fsp3) is 0.292. The SMILES string of the molecule is Cc1ccc(C)c(N2N=C(C(=O)OCC(=O)N(CCC#N)c3ccccc3F)CCC2=O)c1. The Morgan fingerprint density at radius 3 is 2.70 bits per heavy atom. The molecule has 3 rings (SSSR count). The van der Waals surface area contributed by atoms with Crippen molar-refractivity contribution in [2.75, 3.05) is 23.1 Å². The van der Waals surface area contributed by atoms with Crippen molar-refractivity contribution in [3.05, 3.63) is 59.4 Å². The van der Waals surface area contributed by atoms with E-state index in [4.69, 9.17) is 10.00 Å². The molecule has 0 saturated carbocycles. The molecule has 0 N–H and O–H groups in total. The highest BCUT2D eigenvalue weighted by Crippen LogP contribution is 2.26. The number of para-hydroxylation sites is 1. The summed E-state index contributed by atoms with van der Waals surface area (Å²) in [6.07, 6.45) is 0.130. The summed E-state index contributed by atoms with van der Waals surface area (Å²) in [6, 6.07) is 13.1. The number of ether oxygens (including phenoxy) is 1. The number of nitriles is 1. The number of hydrazone groups is 1. The molecule has 2 aromatic rings. The van der Waals surface area contributed by atoms with Gasteiger partial charge in [-0.15, -0.1) is 0 Å². The highest BCUT2D eigenvalue weighted by molar-refractivity contribution is 6.38. The molecule has 9 heteroatoms. The summed E-state index contributed by atoms with van der Waals surface area (Å²) in [6.45, 7) is 3.01. The van der Waals surface area contributed by atoms with E-state index in [1.165, 1.54) is 23.2 Å². The Balaban J connectivity index is 1.74. The Morgan fingerprint density at radius 2 is 1.97 bits per heavy atom. The number of esters is 1. The monoisotopic (exact) mass is 450 g/mol. The smallest absolute Gasteiger partial charge is 0.355 e. The van der Waals surface area contributed by atoms with Gasteiger partial charge in [0.1, 0.15) is 11.5 Å². The lowest BCUT2D eigenvalue weighted by Gasteiger charge is -2.25.